The fourth-order valence-corrected chi connectivity index (χ4v) is 2.61. The van der Waals surface area contributed by atoms with Gasteiger partial charge >= 0.3 is 6.03 Å². The Bertz CT molecular complexity index is 880. The fourth-order valence-electron chi connectivity index (χ4n) is 2.42. The molecular formula is C19H19ClN4O2. The third kappa shape index (κ3) is 4.40. The van der Waals surface area contributed by atoms with Crippen molar-refractivity contribution in [3.05, 3.63) is 65.5 Å². The monoisotopic (exact) mass is 370 g/mol. The third-order valence-corrected chi connectivity index (χ3v) is 4.00. The number of amides is 2. The molecule has 134 valence electrons. The number of carbonyl (C=O) groups excluding carboxylic acids is 1. The molecule has 3 rings (SSSR count). The number of aromatic nitrogens is 2. The van der Waals surface area contributed by atoms with Crippen molar-refractivity contribution >= 4 is 23.3 Å². The molecule has 0 bridgehead atoms. The first kappa shape index (κ1) is 17.9. The number of carbonyl (C=O) groups is 1. The molecule has 0 saturated carbocycles. The summed E-state index contributed by atoms with van der Waals surface area (Å²) in [5, 5.41) is 7.39. The molecule has 0 aliphatic heterocycles. The normalized spacial score (nSPS) is 10.8. The molecule has 1 aromatic heterocycles. The van der Waals surface area contributed by atoms with Gasteiger partial charge in [0.1, 0.15) is 6.54 Å². The Hall–Kier alpha value is -2.86. The number of rotatable bonds is 5. The molecule has 1 heterocycles. The van der Waals surface area contributed by atoms with Gasteiger partial charge in [-0.3, -0.25) is 0 Å². The summed E-state index contributed by atoms with van der Waals surface area (Å²) in [6.45, 7) is 4.06. The van der Waals surface area contributed by atoms with Gasteiger partial charge in [-0.05, 0) is 32.0 Å². The second-order valence-electron chi connectivity index (χ2n) is 6.04. The SMILES string of the molecule is CC(C)N(Cc1nc(-c2ccccc2)no1)C(=O)Nc1cccc(Cl)c1. The highest BCUT2D eigenvalue weighted by Crippen LogP contribution is 2.18. The Morgan fingerprint density at radius 2 is 1.96 bits per heavy atom. The molecule has 0 saturated heterocycles. The fraction of sp³-hybridized carbons (Fsp3) is 0.211. The molecule has 3 aromatic rings. The summed E-state index contributed by atoms with van der Waals surface area (Å²) < 4.78 is 5.32. The molecule has 1 N–H and O–H groups in total. The smallest absolute Gasteiger partial charge is 0.322 e. The zero-order valence-corrected chi connectivity index (χ0v) is 15.3. The van der Waals surface area contributed by atoms with Crippen LogP contribution in [0.2, 0.25) is 5.02 Å². The van der Waals surface area contributed by atoms with E-state index in [4.69, 9.17) is 16.1 Å². The Kier molecular flexibility index (Phi) is 5.53. The topological polar surface area (TPSA) is 71.3 Å². The van der Waals surface area contributed by atoms with E-state index in [-0.39, 0.29) is 18.6 Å². The average Bonchev–Trinajstić information content (AvgIpc) is 3.09. The standard InChI is InChI=1S/C19H19ClN4O2/c1-13(2)24(19(25)21-16-10-6-9-15(20)11-16)12-17-22-18(23-26-17)14-7-4-3-5-8-14/h3-11,13H,12H2,1-2H3,(H,21,25). The van der Waals surface area contributed by atoms with Crippen LogP contribution in [0, 0.1) is 0 Å². The maximum Gasteiger partial charge on any atom is 0.322 e. The van der Waals surface area contributed by atoms with Crippen molar-refractivity contribution in [1.29, 1.82) is 0 Å². The molecule has 26 heavy (non-hydrogen) atoms. The van der Waals surface area contributed by atoms with Crippen LogP contribution in [-0.2, 0) is 6.54 Å². The molecule has 0 aliphatic rings. The number of nitrogens with one attached hydrogen (secondary N) is 1. The summed E-state index contributed by atoms with van der Waals surface area (Å²) in [7, 11) is 0. The maximum atomic E-state index is 12.6. The van der Waals surface area contributed by atoms with Gasteiger partial charge in [-0.25, -0.2) is 4.79 Å². The quantitative estimate of drug-likeness (QED) is 0.698. The number of nitrogens with zero attached hydrogens (tertiary/aromatic N) is 3. The molecule has 0 radical (unpaired) electrons. The third-order valence-electron chi connectivity index (χ3n) is 3.77. The van der Waals surface area contributed by atoms with Crippen LogP contribution in [0.1, 0.15) is 19.7 Å². The highest BCUT2D eigenvalue weighted by Gasteiger charge is 2.21. The van der Waals surface area contributed by atoms with Crippen molar-refractivity contribution in [2.45, 2.75) is 26.4 Å². The van der Waals surface area contributed by atoms with Crippen LogP contribution in [0.3, 0.4) is 0 Å². The molecule has 2 amide bonds. The van der Waals surface area contributed by atoms with Crippen LogP contribution in [0.25, 0.3) is 11.4 Å². The van der Waals surface area contributed by atoms with Crippen molar-refractivity contribution in [1.82, 2.24) is 15.0 Å². The van der Waals surface area contributed by atoms with Gasteiger partial charge in [0.05, 0.1) is 0 Å². The van der Waals surface area contributed by atoms with E-state index in [0.29, 0.717) is 22.4 Å². The molecule has 7 heteroatoms. The second-order valence-corrected chi connectivity index (χ2v) is 6.48. The summed E-state index contributed by atoms with van der Waals surface area (Å²) in [5.41, 5.74) is 1.49. The van der Waals surface area contributed by atoms with Crippen LogP contribution in [0.4, 0.5) is 10.5 Å². The van der Waals surface area contributed by atoms with Gasteiger partial charge in [-0.1, -0.05) is 53.2 Å². The van der Waals surface area contributed by atoms with E-state index < -0.39 is 0 Å². The highest BCUT2D eigenvalue weighted by atomic mass is 35.5. The minimum absolute atomic E-state index is 0.0544. The molecule has 0 unspecified atom stereocenters. The Morgan fingerprint density at radius 1 is 1.19 bits per heavy atom. The maximum absolute atomic E-state index is 12.6. The minimum atomic E-state index is -0.262. The van der Waals surface area contributed by atoms with E-state index in [1.807, 2.05) is 44.2 Å². The van der Waals surface area contributed by atoms with Gasteiger partial charge in [0.15, 0.2) is 0 Å². The molecule has 0 fully saturated rings. The number of hydrogen-bond acceptors (Lipinski definition) is 4. The Morgan fingerprint density at radius 3 is 2.65 bits per heavy atom. The first-order chi connectivity index (χ1) is 12.5. The largest absolute Gasteiger partial charge is 0.337 e. The highest BCUT2D eigenvalue weighted by molar-refractivity contribution is 6.30. The van der Waals surface area contributed by atoms with Gasteiger partial charge < -0.3 is 14.7 Å². The molecule has 2 aromatic carbocycles. The number of urea groups is 1. The number of benzene rings is 2. The lowest BCUT2D eigenvalue weighted by Gasteiger charge is -2.25. The van der Waals surface area contributed by atoms with Crippen molar-refractivity contribution in [3.8, 4) is 11.4 Å². The molecule has 0 atom stereocenters. The molecule has 0 spiro atoms. The van der Waals surface area contributed by atoms with Crippen LogP contribution in [0.5, 0.6) is 0 Å². The number of hydrogen-bond donors (Lipinski definition) is 1. The predicted molar refractivity (Wildman–Crippen MR) is 101 cm³/mol. The minimum Gasteiger partial charge on any atom is -0.337 e. The summed E-state index contributed by atoms with van der Waals surface area (Å²) >= 11 is 5.96. The van der Waals surface area contributed by atoms with Crippen molar-refractivity contribution in [2.75, 3.05) is 5.32 Å². The molecular weight excluding hydrogens is 352 g/mol. The zero-order valence-electron chi connectivity index (χ0n) is 14.5. The first-order valence-corrected chi connectivity index (χ1v) is 8.62. The molecule has 0 aliphatic carbocycles. The van der Waals surface area contributed by atoms with Gasteiger partial charge in [-0.2, -0.15) is 4.98 Å². The van der Waals surface area contributed by atoms with E-state index in [2.05, 4.69) is 15.5 Å². The predicted octanol–water partition coefficient (Wildman–Crippen LogP) is 4.83. The Labute approximate surface area is 156 Å². The number of anilines is 1. The van der Waals surface area contributed by atoms with Crippen molar-refractivity contribution < 1.29 is 9.32 Å². The molecule has 6 nitrogen and oxygen atoms in total. The lowest BCUT2D eigenvalue weighted by Crippen LogP contribution is -2.39. The average molecular weight is 371 g/mol. The van der Waals surface area contributed by atoms with Crippen molar-refractivity contribution in [2.24, 2.45) is 0 Å². The van der Waals surface area contributed by atoms with Gasteiger partial charge in [-0.15, -0.1) is 0 Å². The van der Waals surface area contributed by atoms with Gasteiger partial charge in [0, 0.05) is 22.3 Å². The van der Waals surface area contributed by atoms with Crippen LogP contribution >= 0.6 is 11.6 Å². The van der Waals surface area contributed by atoms with Gasteiger partial charge in [0.25, 0.3) is 0 Å². The first-order valence-electron chi connectivity index (χ1n) is 8.24. The van der Waals surface area contributed by atoms with Crippen LogP contribution in [-0.4, -0.2) is 27.1 Å². The lowest BCUT2D eigenvalue weighted by molar-refractivity contribution is 0.182. The van der Waals surface area contributed by atoms with Crippen molar-refractivity contribution in [3.63, 3.8) is 0 Å². The summed E-state index contributed by atoms with van der Waals surface area (Å²) in [6.07, 6.45) is 0. The van der Waals surface area contributed by atoms with Gasteiger partial charge in [0.2, 0.25) is 11.7 Å². The van der Waals surface area contributed by atoms with E-state index >= 15 is 0 Å². The summed E-state index contributed by atoms with van der Waals surface area (Å²) in [5.74, 6) is 0.873. The van der Waals surface area contributed by atoms with E-state index in [1.54, 1.807) is 29.2 Å². The zero-order chi connectivity index (χ0) is 18.5. The van der Waals surface area contributed by atoms with E-state index in [0.717, 1.165) is 5.56 Å². The van der Waals surface area contributed by atoms with E-state index in [1.165, 1.54) is 0 Å². The second kappa shape index (κ2) is 8.01. The van der Waals surface area contributed by atoms with E-state index in [9.17, 15) is 4.79 Å². The number of halogens is 1. The summed E-state index contributed by atoms with van der Waals surface area (Å²) in [4.78, 5) is 18.6. The summed E-state index contributed by atoms with van der Waals surface area (Å²) in [6, 6.07) is 16.2. The lowest BCUT2D eigenvalue weighted by atomic mass is 10.2. The Balaban J connectivity index is 1.72. The van der Waals surface area contributed by atoms with Crippen LogP contribution in [0.15, 0.2) is 59.1 Å². The van der Waals surface area contributed by atoms with Crippen LogP contribution < -0.4 is 5.32 Å².